The second-order valence-corrected chi connectivity index (χ2v) is 4.16. The summed E-state index contributed by atoms with van der Waals surface area (Å²) in [5, 5.41) is 0. The molecule has 1 atom stereocenters. The molecular weight excluding hydrogens is 204 g/mol. The average Bonchev–Trinajstić information content (AvgIpc) is 2.90. The monoisotopic (exact) mass is 218 g/mol. The van der Waals surface area contributed by atoms with Crippen LogP contribution in [0.15, 0.2) is 17.3 Å². The minimum atomic E-state index is 0.146. The lowest BCUT2D eigenvalue weighted by atomic mass is 10.1. The summed E-state index contributed by atoms with van der Waals surface area (Å²) in [6.07, 6.45) is 2.88. The van der Waals surface area contributed by atoms with Gasteiger partial charge in [-0.25, -0.2) is 4.98 Å². The van der Waals surface area contributed by atoms with Gasteiger partial charge < -0.3 is 9.47 Å². The molecule has 0 N–H and O–H groups in total. The first-order valence-corrected chi connectivity index (χ1v) is 5.58. The predicted octanol–water partition coefficient (Wildman–Crippen LogP) is 1.57. The molecule has 1 saturated heterocycles. The van der Waals surface area contributed by atoms with Crippen LogP contribution in [0, 0.1) is 0 Å². The fourth-order valence-corrected chi connectivity index (χ4v) is 2.13. The van der Waals surface area contributed by atoms with Crippen molar-refractivity contribution in [2.45, 2.75) is 26.0 Å². The van der Waals surface area contributed by atoms with E-state index in [4.69, 9.17) is 9.47 Å². The van der Waals surface area contributed by atoms with Crippen LogP contribution in [-0.4, -0.2) is 30.0 Å². The van der Waals surface area contributed by atoms with Crippen LogP contribution in [0.5, 0.6) is 5.88 Å². The van der Waals surface area contributed by atoms with Gasteiger partial charge in [-0.05, 0) is 18.6 Å². The first-order chi connectivity index (χ1) is 7.84. The van der Waals surface area contributed by atoms with E-state index in [2.05, 4.69) is 9.98 Å². The first kappa shape index (κ1) is 9.78. The Bertz CT molecular complexity index is 437. The topological polar surface area (TPSA) is 43.7 Å². The molecular formula is C12H14N2O2. The van der Waals surface area contributed by atoms with Gasteiger partial charge in [0.05, 0.1) is 25.3 Å². The molecule has 84 valence electrons. The highest BCUT2D eigenvalue weighted by atomic mass is 16.5. The summed E-state index contributed by atoms with van der Waals surface area (Å²) in [7, 11) is 0. The summed E-state index contributed by atoms with van der Waals surface area (Å²) in [6, 6.07) is 2.01. The molecule has 2 aliphatic heterocycles. The molecule has 0 aliphatic carbocycles. The molecule has 4 nitrogen and oxygen atoms in total. The number of pyridine rings is 1. The van der Waals surface area contributed by atoms with Gasteiger partial charge in [-0.1, -0.05) is 0 Å². The van der Waals surface area contributed by atoms with Crippen LogP contribution in [0.25, 0.3) is 0 Å². The van der Waals surface area contributed by atoms with Crippen LogP contribution in [0.2, 0.25) is 0 Å². The van der Waals surface area contributed by atoms with Gasteiger partial charge in [0.1, 0.15) is 6.10 Å². The second kappa shape index (κ2) is 3.87. The van der Waals surface area contributed by atoms with E-state index in [0.29, 0.717) is 12.5 Å². The van der Waals surface area contributed by atoms with Crippen molar-refractivity contribution in [1.82, 2.24) is 4.98 Å². The molecule has 1 unspecified atom stereocenters. The van der Waals surface area contributed by atoms with Crippen LogP contribution in [0.1, 0.15) is 24.5 Å². The predicted molar refractivity (Wildman–Crippen MR) is 60.0 cm³/mol. The molecule has 0 spiro atoms. The Labute approximate surface area is 94.3 Å². The third-order valence-electron chi connectivity index (χ3n) is 3.02. The van der Waals surface area contributed by atoms with Crippen molar-refractivity contribution in [2.75, 3.05) is 13.2 Å². The van der Waals surface area contributed by atoms with Crippen LogP contribution < -0.4 is 4.74 Å². The van der Waals surface area contributed by atoms with E-state index >= 15 is 0 Å². The number of nitrogens with zero attached hydrogens (tertiary/aromatic N) is 2. The zero-order valence-corrected chi connectivity index (χ0v) is 9.27. The van der Waals surface area contributed by atoms with Gasteiger partial charge in [0, 0.05) is 18.3 Å². The average molecular weight is 218 g/mol. The van der Waals surface area contributed by atoms with E-state index in [1.54, 1.807) is 6.20 Å². The van der Waals surface area contributed by atoms with E-state index in [9.17, 15) is 0 Å². The fraction of sp³-hybridized carbons (Fsp3) is 0.500. The first-order valence-electron chi connectivity index (χ1n) is 5.58. The van der Waals surface area contributed by atoms with Crippen LogP contribution in [0.4, 0.5) is 0 Å². The second-order valence-electron chi connectivity index (χ2n) is 4.16. The molecule has 3 heterocycles. The highest BCUT2D eigenvalue weighted by molar-refractivity contribution is 6.03. The lowest BCUT2D eigenvalue weighted by Gasteiger charge is -2.13. The lowest BCUT2D eigenvalue weighted by Crippen LogP contribution is -2.18. The van der Waals surface area contributed by atoms with Gasteiger partial charge in [-0.2, -0.15) is 0 Å². The SMILES string of the molecule is CC1=NCc2ccnc(OC3CCOC3)c21. The van der Waals surface area contributed by atoms with Crippen LogP contribution in [-0.2, 0) is 11.3 Å². The van der Waals surface area contributed by atoms with Gasteiger partial charge in [-0.3, -0.25) is 4.99 Å². The molecule has 0 bridgehead atoms. The summed E-state index contributed by atoms with van der Waals surface area (Å²) in [6.45, 7) is 4.21. The van der Waals surface area contributed by atoms with Crippen LogP contribution >= 0.6 is 0 Å². The number of aliphatic imine (C=N–C) groups is 1. The summed E-state index contributed by atoms with van der Waals surface area (Å²) in [5.74, 6) is 0.715. The molecule has 0 radical (unpaired) electrons. The van der Waals surface area contributed by atoms with Gasteiger partial charge >= 0.3 is 0 Å². The Kier molecular flexibility index (Phi) is 2.36. The maximum absolute atomic E-state index is 5.87. The van der Waals surface area contributed by atoms with Crippen molar-refractivity contribution in [2.24, 2.45) is 4.99 Å². The number of aromatic nitrogens is 1. The summed E-state index contributed by atoms with van der Waals surface area (Å²) in [5.41, 5.74) is 3.31. The molecule has 0 saturated carbocycles. The Hall–Kier alpha value is -1.42. The third kappa shape index (κ3) is 1.59. The maximum Gasteiger partial charge on any atom is 0.223 e. The molecule has 1 fully saturated rings. The largest absolute Gasteiger partial charge is 0.471 e. The molecule has 1 aromatic heterocycles. The number of hydrogen-bond acceptors (Lipinski definition) is 4. The minimum Gasteiger partial charge on any atom is -0.471 e. The number of hydrogen-bond donors (Lipinski definition) is 0. The Morgan fingerprint density at radius 3 is 3.25 bits per heavy atom. The molecule has 1 aromatic rings. The van der Waals surface area contributed by atoms with Crippen molar-refractivity contribution >= 4 is 5.71 Å². The zero-order valence-electron chi connectivity index (χ0n) is 9.27. The molecule has 4 heteroatoms. The van der Waals surface area contributed by atoms with E-state index in [0.717, 1.165) is 30.8 Å². The molecule has 3 rings (SSSR count). The molecule has 16 heavy (non-hydrogen) atoms. The van der Waals surface area contributed by atoms with Gasteiger partial charge in [0.2, 0.25) is 5.88 Å². The van der Waals surface area contributed by atoms with E-state index in [1.165, 1.54) is 5.56 Å². The van der Waals surface area contributed by atoms with Crippen molar-refractivity contribution in [1.29, 1.82) is 0 Å². The number of rotatable bonds is 2. The summed E-state index contributed by atoms with van der Waals surface area (Å²) >= 11 is 0. The Morgan fingerprint density at radius 2 is 2.44 bits per heavy atom. The standard InChI is InChI=1S/C12H14N2O2/c1-8-11-9(6-14-8)2-4-13-12(11)16-10-3-5-15-7-10/h2,4,10H,3,5-7H2,1H3. The van der Waals surface area contributed by atoms with Crippen LogP contribution in [0.3, 0.4) is 0 Å². The van der Waals surface area contributed by atoms with Crippen molar-refractivity contribution in [3.05, 3.63) is 23.4 Å². The molecule has 0 aromatic carbocycles. The fourth-order valence-electron chi connectivity index (χ4n) is 2.13. The third-order valence-corrected chi connectivity index (χ3v) is 3.02. The zero-order chi connectivity index (χ0) is 11.0. The van der Waals surface area contributed by atoms with Crippen molar-refractivity contribution in [3.8, 4) is 5.88 Å². The van der Waals surface area contributed by atoms with Crippen molar-refractivity contribution in [3.63, 3.8) is 0 Å². The normalized spacial score (nSPS) is 23.1. The highest BCUT2D eigenvalue weighted by Crippen LogP contribution is 2.27. The summed E-state index contributed by atoms with van der Waals surface area (Å²) in [4.78, 5) is 8.71. The van der Waals surface area contributed by atoms with Gasteiger partial charge in [-0.15, -0.1) is 0 Å². The Morgan fingerprint density at radius 1 is 1.50 bits per heavy atom. The highest BCUT2D eigenvalue weighted by Gasteiger charge is 2.23. The van der Waals surface area contributed by atoms with E-state index < -0.39 is 0 Å². The number of ether oxygens (including phenoxy) is 2. The van der Waals surface area contributed by atoms with Gasteiger partial charge in [0.15, 0.2) is 0 Å². The molecule has 0 amide bonds. The summed E-state index contributed by atoms with van der Waals surface area (Å²) < 4.78 is 11.2. The molecule has 2 aliphatic rings. The van der Waals surface area contributed by atoms with E-state index in [1.807, 2.05) is 13.0 Å². The number of fused-ring (bicyclic) bond motifs is 1. The smallest absolute Gasteiger partial charge is 0.223 e. The van der Waals surface area contributed by atoms with Crippen molar-refractivity contribution < 1.29 is 9.47 Å². The quantitative estimate of drug-likeness (QED) is 0.756. The maximum atomic E-state index is 5.87. The van der Waals surface area contributed by atoms with Gasteiger partial charge in [0.25, 0.3) is 0 Å². The Balaban J connectivity index is 1.89. The lowest BCUT2D eigenvalue weighted by molar-refractivity contribution is 0.138. The minimum absolute atomic E-state index is 0.146. The van der Waals surface area contributed by atoms with E-state index in [-0.39, 0.29) is 6.10 Å².